The highest BCUT2D eigenvalue weighted by molar-refractivity contribution is 5.89. The van der Waals surface area contributed by atoms with Gasteiger partial charge in [0.1, 0.15) is 24.4 Å². The van der Waals surface area contributed by atoms with Crippen molar-refractivity contribution in [3.63, 3.8) is 0 Å². The van der Waals surface area contributed by atoms with Gasteiger partial charge in [0, 0.05) is 6.42 Å². The predicted octanol–water partition coefficient (Wildman–Crippen LogP) is 1.91. The second kappa shape index (κ2) is 10.7. The second-order valence-electron chi connectivity index (χ2n) is 6.38. The van der Waals surface area contributed by atoms with E-state index >= 15 is 0 Å². The number of carbonyl (C=O) groups is 3. The van der Waals surface area contributed by atoms with Gasteiger partial charge in [0.25, 0.3) is 0 Å². The lowest BCUT2D eigenvalue weighted by Gasteiger charge is -2.20. The van der Waals surface area contributed by atoms with E-state index in [2.05, 4.69) is 10.6 Å². The van der Waals surface area contributed by atoms with Crippen LogP contribution < -0.4 is 10.6 Å². The lowest BCUT2D eigenvalue weighted by atomic mass is 10.1. The van der Waals surface area contributed by atoms with Gasteiger partial charge in [-0.2, -0.15) is 0 Å². The summed E-state index contributed by atoms with van der Waals surface area (Å²) in [5.41, 5.74) is 1.54. The first-order valence-electron chi connectivity index (χ1n) is 9.02. The largest absolute Gasteiger partial charge is 0.508 e. The Morgan fingerprint density at radius 1 is 0.966 bits per heavy atom. The van der Waals surface area contributed by atoms with Gasteiger partial charge in [0.2, 0.25) is 5.91 Å². The minimum absolute atomic E-state index is 0.0760. The quantitative estimate of drug-likeness (QED) is 0.583. The molecule has 0 aromatic heterocycles. The summed E-state index contributed by atoms with van der Waals surface area (Å²) in [6.45, 7) is 1.56. The number of aromatic hydroxyl groups is 1. The van der Waals surface area contributed by atoms with Crippen LogP contribution in [-0.2, 0) is 32.1 Å². The number of esters is 1. The molecule has 2 atom stereocenters. The van der Waals surface area contributed by atoms with E-state index < -0.39 is 30.1 Å². The van der Waals surface area contributed by atoms with Crippen LogP contribution in [0.25, 0.3) is 0 Å². The van der Waals surface area contributed by atoms with Gasteiger partial charge < -0.3 is 25.2 Å². The second-order valence-corrected chi connectivity index (χ2v) is 6.38. The zero-order valence-corrected chi connectivity index (χ0v) is 16.3. The van der Waals surface area contributed by atoms with Crippen molar-refractivity contribution in [2.75, 3.05) is 7.11 Å². The number of hydrogen-bond acceptors (Lipinski definition) is 6. The molecule has 2 rings (SSSR count). The highest BCUT2D eigenvalue weighted by Crippen LogP contribution is 2.12. The van der Waals surface area contributed by atoms with Crippen LogP contribution in [0, 0.1) is 0 Å². The number of hydrogen-bond donors (Lipinski definition) is 3. The van der Waals surface area contributed by atoms with Crippen molar-refractivity contribution in [1.29, 1.82) is 0 Å². The van der Waals surface area contributed by atoms with Gasteiger partial charge in [-0.1, -0.05) is 42.5 Å². The molecule has 29 heavy (non-hydrogen) atoms. The first kappa shape index (κ1) is 21.7. The van der Waals surface area contributed by atoms with E-state index in [1.165, 1.54) is 26.2 Å². The van der Waals surface area contributed by atoms with Gasteiger partial charge in [-0.05, 0) is 30.2 Å². The highest BCUT2D eigenvalue weighted by atomic mass is 16.5. The molecule has 0 aliphatic carbocycles. The molecule has 8 nitrogen and oxygen atoms in total. The van der Waals surface area contributed by atoms with E-state index in [1.54, 1.807) is 12.1 Å². The molecule has 0 fully saturated rings. The molecule has 0 spiro atoms. The fourth-order valence-electron chi connectivity index (χ4n) is 2.51. The van der Waals surface area contributed by atoms with Crippen molar-refractivity contribution in [1.82, 2.24) is 10.6 Å². The fourth-order valence-corrected chi connectivity index (χ4v) is 2.51. The van der Waals surface area contributed by atoms with Crippen molar-refractivity contribution < 1.29 is 29.0 Å². The van der Waals surface area contributed by atoms with Crippen LogP contribution in [0.15, 0.2) is 54.6 Å². The molecule has 3 N–H and O–H groups in total. The Labute approximate surface area is 168 Å². The van der Waals surface area contributed by atoms with Crippen molar-refractivity contribution in [3.05, 3.63) is 65.7 Å². The standard InChI is InChI=1S/C21H24N2O6/c1-14(22-21(27)29-13-16-6-4-3-5-7-16)19(25)23-18(20(26)28-2)12-15-8-10-17(24)11-9-15/h3-11,14,18,24H,12-13H2,1-2H3,(H,22,27)(H,23,25)/t14-,18+/m1/s1. The molecule has 0 aliphatic rings. The number of carbonyl (C=O) groups excluding carboxylic acids is 3. The number of amides is 2. The summed E-state index contributed by atoms with van der Waals surface area (Å²) in [4.78, 5) is 36.3. The molecule has 0 unspecified atom stereocenters. The maximum Gasteiger partial charge on any atom is 0.408 e. The Balaban J connectivity index is 1.88. The van der Waals surface area contributed by atoms with Crippen LogP contribution in [0.1, 0.15) is 18.1 Å². The normalized spacial score (nSPS) is 12.3. The Bertz CT molecular complexity index is 823. The average molecular weight is 400 g/mol. The molecule has 0 heterocycles. The summed E-state index contributed by atoms with van der Waals surface area (Å²) in [5, 5.41) is 14.3. The average Bonchev–Trinajstić information content (AvgIpc) is 2.73. The fraction of sp³-hybridized carbons (Fsp3) is 0.286. The minimum Gasteiger partial charge on any atom is -0.508 e. The molecule has 0 saturated heterocycles. The molecule has 2 aromatic rings. The van der Waals surface area contributed by atoms with Crippen LogP contribution >= 0.6 is 0 Å². The van der Waals surface area contributed by atoms with Crippen molar-refractivity contribution in [2.45, 2.75) is 32.0 Å². The van der Waals surface area contributed by atoms with Gasteiger partial charge in [-0.3, -0.25) is 4.79 Å². The van der Waals surface area contributed by atoms with Crippen molar-refractivity contribution in [2.24, 2.45) is 0 Å². The summed E-state index contributed by atoms with van der Waals surface area (Å²) in [6.07, 6.45) is -0.575. The number of methoxy groups -OCH3 is 1. The molecule has 0 radical (unpaired) electrons. The Kier molecular flexibility index (Phi) is 8.02. The van der Waals surface area contributed by atoms with Gasteiger partial charge in [0.15, 0.2) is 0 Å². The topological polar surface area (TPSA) is 114 Å². The SMILES string of the molecule is COC(=O)[C@H](Cc1ccc(O)cc1)NC(=O)[C@@H](C)NC(=O)OCc1ccccc1. The maximum atomic E-state index is 12.4. The molecule has 2 aromatic carbocycles. The third-order valence-corrected chi connectivity index (χ3v) is 4.12. The summed E-state index contributed by atoms with van der Waals surface area (Å²) >= 11 is 0. The van der Waals surface area contributed by atoms with Gasteiger partial charge >= 0.3 is 12.1 Å². The maximum absolute atomic E-state index is 12.4. The predicted molar refractivity (Wildman–Crippen MR) is 105 cm³/mol. The smallest absolute Gasteiger partial charge is 0.408 e. The number of rotatable bonds is 8. The molecule has 8 heteroatoms. The Morgan fingerprint density at radius 3 is 2.24 bits per heavy atom. The molecular formula is C21H24N2O6. The van der Waals surface area contributed by atoms with Crippen LogP contribution in [0.2, 0.25) is 0 Å². The lowest BCUT2D eigenvalue weighted by molar-refractivity contribution is -0.145. The molecule has 0 aliphatic heterocycles. The first-order chi connectivity index (χ1) is 13.9. The number of nitrogens with one attached hydrogen (secondary N) is 2. The summed E-state index contributed by atoms with van der Waals surface area (Å²) in [5.74, 6) is -1.08. The van der Waals surface area contributed by atoms with E-state index in [4.69, 9.17) is 9.47 Å². The van der Waals surface area contributed by atoms with E-state index in [0.717, 1.165) is 11.1 Å². The van der Waals surface area contributed by atoms with Crippen LogP contribution in [-0.4, -0.2) is 42.3 Å². The van der Waals surface area contributed by atoms with Gasteiger partial charge in [-0.15, -0.1) is 0 Å². The third-order valence-electron chi connectivity index (χ3n) is 4.12. The monoisotopic (exact) mass is 400 g/mol. The van der Waals surface area contributed by atoms with E-state index in [9.17, 15) is 19.5 Å². The summed E-state index contributed by atoms with van der Waals surface area (Å²) in [7, 11) is 1.22. The highest BCUT2D eigenvalue weighted by Gasteiger charge is 2.25. The minimum atomic E-state index is -0.943. The van der Waals surface area contributed by atoms with Crippen molar-refractivity contribution in [3.8, 4) is 5.75 Å². The van der Waals surface area contributed by atoms with E-state index in [1.807, 2.05) is 30.3 Å². The van der Waals surface area contributed by atoms with Crippen molar-refractivity contribution >= 4 is 18.0 Å². The lowest BCUT2D eigenvalue weighted by Crippen LogP contribution is -2.51. The van der Waals surface area contributed by atoms with Gasteiger partial charge in [-0.25, -0.2) is 9.59 Å². The number of benzene rings is 2. The Morgan fingerprint density at radius 2 is 1.62 bits per heavy atom. The van der Waals surface area contributed by atoms with E-state index in [-0.39, 0.29) is 18.8 Å². The molecule has 2 amide bonds. The summed E-state index contributed by atoms with van der Waals surface area (Å²) in [6, 6.07) is 13.5. The van der Waals surface area contributed by atoms with Crippen LogP contribution in [0.3, 0.4) is 0 Å². The Hall–Kier alpha value is -3.55. The molecule has 0 bridgehead atoms. The number of phenols is 1. The zero-order chi connectivity index (χ0) is 21.2. The number of ether oxygens (including phenoxy) is 2. The molecular weight excluding hydrogens is 376 g/mol. The summed E-state index contributed by atoms with van der Waals surface area (Å²) < 4.78 is 9.83. The van der Waals surface area contributed by atoms with Gasteiger partial charge in [0.05, 0.1) is 7.11 Å². The van der Waals surface area contributed by atoms with Crippen LogP contribution in [0.5, 0.6) is 5.75 Å². The number of alkyl carbamates (subject to hydrolysis) is 1. The van der Waals surface area contributed by atoms with E-state index in [0.29, 0.717) is 0 Å². The third kappa shape index (κ3) is 7.17. The van der Waals surface area contributed by atoms with Crippen LogP contribution in [0.4, 0.5) is 4.79 Å². The number of phenolic OH excluding ortho intramolecular Hbond substituents is 1. The first-order valence-corrected chi connectivity index (χ1v) is 9.02. The molecule has 0 saturated carbocycles. The molecule has 154 valence electrons. The zero-order valence-electron chi connectivity index (χ0n) is 16.3.